The molecule has 0 aromatic heterocycles. The fourth-order valence-corrected chi connectivity index (χ4v) is 1.75. The Kier molecular flexibility index (Phi) is 3.68. The van der Waals surface area contributed by atoms with Crippen molar-refractivity contribution in [2.45, 2.75) is 52.4 Å². The molecule has 0 atom stereocenters. The topological polar surface area (TPSA) is 0 Å². The van der Waals surface area contributed by atoms with E-state index in [0.29, 0.717) is 0 Å². The molecule has 11 heavy (non-hydrogen) atoms. The van der Waals surface area contributed by atoms with Crippen LogP contribution in [0.15, 0.2) is 11.6 Å². The molecular weight excluding hydrogens is 132 g/mol. The van der Waals surface area contributed by atoms with Crippen molar-refractivity contribution in [2.24, 2.45) is 5.92 Å². The van der Waals surface area contributed by atoms with Crippen LogP contribution in [0.3, 0.4) is 0 Å². The van der Waals surface area contributed by atoms with Gasteiger partial charge in [0.25, 0.3) is 0 Å². The molecule has 0 saturated heterocycles. The molecule has 0 bridgehead atoms. The fourth-order valence-electron chi connectivity index (χ4n) is 1.75. The van der Waals surface area contributed by atoms with E-state index in [1.807, 2.05) is 0 Å². The monoisotopic (exact) mass is 152 g/mol. The van der Waals surface area contributed by atoms with Gasteiger partial charge in [-0.05, 0) is 25.7 Å². The lowest BCUT2D eigenvalue weighted by Crippen LogP contribution is -2.11. The Bertz CT molecular complexity index is 129. The van der Waals surface area contributed by atoms with E-state index < -0.39 is 0 Å². The van der Waals surface area contributed by atoms with E-state index in [1.54, 1.807) is 5.57 Å². The second kappa shape index (κ2) is 4.58. The highest BCUT2D eigenvalue weighted by molar-refractivity contribution is 5.02. The molecule has 0 aromatic carbocycles. The highest BCUT2D eigenvalue weighted by atomic mass is 14.2. The maximum absolute atomic E-state index is 2.32. The van der Waals surface area contributed by atoms with Crippen LogP contribution in [0.4, 0.5) is 0 Å². The summed E-state index contributed by atoms with van der Waals surface area (Å²) in [7, 11) is 0. The van der Waals surface area contributed by atoms with Gasteiger partial charge in [0.15, 0.2) is 0 Å². The van der Waals surface area contributed by atoms with Gasteiger partial charge in [-0.1, -0.05) is 44.3 Å². The van der Waals surface area contributed by atoms with Crippen molar-refractivity contribution in [3.05, 3.63) is 11.6 Å². The molecule has 0 aliphatic heterocycles. The van der Waals surface area contributed by atoms with Crippen LogP contribution in [0.5, 0.6) is 0 Å². The van der Waals surface area contributed by atoms with Gasteiger partial charge in [0.05, 0.1) is 0 Å². The Morgan fingerprint density at radius 1 is 1.45 bits per heavy atom. The second-order valence-corrected chi connectivity index (χ2v) is 3.70. The van der Waals surface area contributed by atoms with Gasteiger partial charge in [0.2, 0.25) is 0 Å². The number of rotatable bonds is 4. The summed E-state index contributed by atoms with van der Waals surface area (Å²) in [6.07, 6.45) is 10.8. The van der Waals surface area contributed by atoms with E-state index in [0.717, 1.165) is 5.92 Å². The molecule has 1 aliphatic carbocycles. The van der Waals surface area contributed by atoms with Crippen molar-refractivity contribution < 1.29 is 0 Å². The van der Waals surface area contributed by atoms with E-state index >= 15 is 0 Å². The zero-order valence-corrected chi connectivity index (χ0v) is 7.90. The molecule has 1 rings (SSSR count). The first kappa shape index (κ1) is 8.83. The molecule has 0 heterocycles. The molecule has 0 spiro atoms. The molecule has 1 fully saturated rings. The Labute approximate surface area is 70.7 Å². The standard InChI is InChI=1S/C11H20/c1-3-6-10(4-2)9-11-7-5-8-11/h4,11H,3,5-9H2,1-2H3. The molecule has 0 heteroatoms. The van der Waals surface area contributed by atoms with E-state index in [9.17, 15) is 0 Å². The van der Waals surface area contributed by atoms with Crippen LogP contribution in [0, 0.1) is 5.92 Å². The average Bonchev–Trinajstić information content (AvgIpc) is 1.94. The SMILES string of the molecule is CC=C(CCC)CC1CCC1. The van der Waals surface area contributed by atoms with Gasteiger partial charge in [-0.3, -0.25) is 0 Å². The predicted molar refractivity (Wildman–Crippen MR) is 50.6 cm³/mol. The quantitative estimate of drug-likeness (QED) is 0.535. The van der Waals surface area contributed by atoms with Crippen molar-refractivity contribution in [1.29, 1.82) is 0 Å². The first-order valence-electron chi connectivity index (χ1n) is 5.00. The van der Waals surface area contributed by atoms with E-state index in [2.05, 4.69) is 19.9 Å². The zero-order valence-electron chi connectivity index (χ0n) is 7.90. The molecule has 0 N–H and O–H groups in total. The first-order valence-corrected chi connectivity index (χ1v) is 5.00. The first-order chi connectivity index (χ1) is 5.36. The summed E-state index contributed by atoms with van der Waals surface area (Å²) in [4.78, 5) is 0. The third-order valence-corrected chi connectivity index (χ3v) is 2.75. The Morgan fingerprint density at radius 2 is 2.18 bits per heavy atom. The second-order valence-electron chi connectivity index (χ2n) is 3.70. The van der Waals surface area contributed by atoms with Crippen molar-refractivity contribution in [3.8, 4) is 0 Å². The molecular formula is C11H20. The minimum atomic E-state index is 1.05. The third-order valence-electron chi connectivity index (χ3n) is 2.75. The van der Waals surface area contributed by atoms with E-state index in [-0.39, 0.29) is 0 Å². The van der Waals surface area contributed by atoms with Gasteiger partial charge in [0.1, 0.15) is 0 Å². The molecule has 0 radical (unpaired) electrons. The van der Waals surface area contributed by atoms with E-state index in [4.69, 9.17) is 0 Å². The van der Waals surface area contributed by atoms with Crippen molar-refractivity contribution in [1.82, 2.24) is 0 Å². The van der Waals surface area contributed by atoms with Gasteiger partial charge in [-0.2, -0.15) is 0 Å². The summed E-state index contributed by atoms with van der Waals surface area (Å²) in [5.41, 5.74) is 1.69. The average molecular weight is 152 g/mol. The van der Waals surface area contributed by atoms with Crippen LogP contribution >= 0.6 is 0 Å². The van der Waals surface area contributed by atoms with Crippen LogP contribution in [0.25, 0.3) is 0 Å². The summed E-state index contributed by atoms with van der Waals surface area (Å²) < 4.78 is 0. The van der Waals surface area contributed by atoms with Crippen molar-refractivity contribution in [3.63, 3.8) is 0 Å². The lowest BCUT2D eigenvalue weighted by atomic mass is 9.80. The summed E-state index contributed by atoms with van der Waals surface area (Å²) in [5.74, 6) is 1.05. The normalized spacial score (nSPS) is 20.0. The molecule has 0 nitrogen and oxygen atoms in total. The highest BCUT2D eigenvalue weighted by Crippen LogP contribution is 2.33. The molecule has 0 unspecified atom stereocenters. The van der Waals surface area contributed by atoms with E-state index in [1.165, 1.54) is 38.5 Å². The largest absolute Gasteiger partial charge is 0.0884 e. The smallest absolute Gasteiger partial charge is 0.0292 e. The van der Waals surface area contributed by atoms with Crippen LogP contribution < -0.4 is 0 Å². The summed E-state index contributed by atoms with van der Waals surface area (Å²) in [5, 5.41) is 0. The van der Waals surface area contributed by atoms with Crippen LogP contribution in [-0.4, -0.2) is 0 Å². The molecule has 1 saturated carbocycles. The van der Waals surface area contributed by atoms with Gasteiger partial charge in [-0.25, -0.2) is 0 Å². The summed E-state index contributed by atoms with van der Waals surface area (Å²) in [6, 6.07) is 0. The number of allylic oxidation sites excluding steroid dienone is 2. The van der Waals surface area contributed by atoms with Crippen molar-refractivity contribution in [2.75, 3.05) is 0 Å². The fraction of sp³-hybridized carbons (Fsp3) is 0.818. The maximum Gasteiger partial charge on any atom is -0.0292 e. The Morgan fingerprint density at radius 3 is 2.55 bits per heavy atom. The van der Waals surface area contributed by atoms with Gasteiger partial charge in [-0.15, -0.1) is 0 Å². The summed E-state index contributed by atoms with van der Waals surface area (Å²) >= 11 is 0. The lowest BCUT2D eigenvalue weighted by Gasteiger charge is -2.26. The highest BCUT2D eigenvalue weighted by Gasteiger charge is 2.17. The zero-order chi connectivity index (χ0) is 8.10. The maximum atomic E-state index is 2.32. The lowest BCUT2D eigenvalue weighted by molar-refractivity contribution is 0.311. The molecule has 64 valence electrons. The molecule has 0 aromatic rings. The van der Waals surface area contributed by atoms with Crippen molar-refractivity contribution >= 4 is 0 Å². The Hall–Kier alpha value is -0.260. The van der Waals surface area contributed by atoms with Gasteiger partial charge < -0.3 is 0 Å². The van der Waals surface area contributed by atoms with Gasteiger partial charge >= 0.3 is 0 Å². The molecule has 1 aliphatic rings. The number of hydrogen-bond acceptors (Lipinski definition) is 0. The minimum Gasteiger partial charge on any atom is -0.0884 e. The minimum absolute atomic E-state index is 1.05. The van der Waals surface area contributed by atoms with Crippen LogP contribution in [0.1, 0.15) is 52.4 Å². The molecule has 0 amide bonds. The summed E-state index contributed by atoms with van der Waals surface area (Å²) in [6.45, 7) is 4.45. The number of hydrogen-bond donors (Lipinski definition) is 0. The van der Waals surface area contributed by atoms with Crippen LogP contribution in [0.2, 0.25) is 0 Å². The van der Waals surface area contributed by atoms with Crippen LogP contribution in [-0.2, 0) is 0 Å². The third kappa shape index (κ3) is 2.69. The van der Waals surface area contributed by atoms with Gasteiger partial charge in [0, 0.05) is 0 Å². The predicted octanol–water partition coefficient (Wildman–Crippen LogP) is 3.92. The Balaban J connectivity index is 2.20.